The molecule has 0 radical (unpaired) electrons. The van der Waals surface area contributed by atoms with Gasteiger partial charge in [-0.15, -0.1) is 0 Å². The highest BCUT2D eigenvalue weighted by molar-refractivity contribution is 4.99. The van der Waals surface area contributed by atoms with Crippen molar-refractivity contribution in [2.45, 2.75) is 45.1 Å². The molecule has 17 heavy (non-hydrogen) atoms. The lowest BCUT2D eigenvalue weighted by molar-refractivity contribution is 0.277. The first-order valence-corrected chi connectivity index (χ1v) is 7.09. The van der Waals surface area contributed by atoms with Crippen molar-refractivity contribution >= 4 is 0 Å². The van der Waals surface area contributed by atoms with Crippen LogP contribution in [0.3, 0.4) is 0 Å². The molecule has 3 rings (SSSR count). The zero-order chi connectivity index (χ0) is 11.7. The van der Waals surface area contributed by atoms with Crippen LogP contribution in [-0.2, 0) is 0 Å². The summed E-state index contributed by atoms with van der Waals surface area (Å²) in [4.78, 5) is 7.69. The van der Waals surface area contributed by atoms with Crippen LogP contribution in [0.25, 0.3) is 0 Å². The zero-order valence-electron chi connectivity index (χ0n) is 10.7. The number of fused-ring (bicyclic) bond motifs is 2. The molecule has 4 atom stereocenters. The first-order chi connectivity index (χ1) is 8.36. The molecular weight excluding hydrogens is 210 g/mol. The second-order valence-electron chi connectivity index (χ2n) is 5.76. The topological polar surface area (TPSA) is 40.7 Å². The van der Waals surface area contributed by atoms with Crippen molar-refractivity contribution in [2.24, 2.45) is 17.8 Å². The van der Waals surface area contributed by atoms with E-state index in [0.29, 0.717) is 6.04 Å². The summed E-state index contributed by atoms with van der Waals surface area (Å²) in [5.41, 5.74) is 0. The Bertz CT molecular complexity index is 346. The Morgan fingerprint density at radius 2 is 2.41 bits per heavy atom. The van der Waals surface area contributed by atoms with Gasteiger partial charge in [0.2, 0.25) is 0 Å². The van der Waals surface area contributed by atoms with Crippen LogP contribution in [0.1, 0.15) is 50.9 Å². The Hall–Kier alpha value is -0.830. The minimum atomic E-state index is 0.430. The summed E-state index contributed by atoms with van der Waals surface area (Å²) in [6.07, 6.45) is 11.0. The number of H-pyrrole nitrogens is 1. The van der Waals surface area contributed by atoms with E-state index >= 15 is 0 Å². The molecule has 2 saturated carbocycles. The molecule has 1 aromatic heterocycles. The fourth-order valence-corrected chi connectivity index (χ4v) is 3.97. The van der Waals surface area contributed by atoms with Crippen LogP contribution in [0.15, 0.2) is 12.4 Å². The molecule has 3 heteroatoms. The van der Waals surface area contributed by atoms with Gasteiger partial charge in [0.1, 0.15) is 5.82 Å². The van der Waals surface area contributed by atoms with Gasteiger partial charge in [-0.25, -0.2) is 4.98 Å². The number of aromatic nitrogens is 2. The third-order valence-electron chi connectivity index (χ3n) is 4.72. The third kappa shape index (κ3) is 2.25. The van der Waals surface area contributed by atoms with Crippen molar-refractivity contribution in [2.75, 3.05) is 6.54 Å². The van der Waals surface area contributed by atoms with Crippen molar-refractivity contribution in [3.8, 4) is 0 Å². The summed E-state index contributed by atoms with van der Waals surface area (Å²) in [6.45, 7) is 3.20. The van der Waals surface area contributed by atoms with Crippen molar-refractivity contribution in [3.63, 3.8) is 0 Å². The molecule has 94 valence electrons. The van der Waals surface area contributed by atoms with Crippen molar-refractivity contribution in [1.29, 1.82) is 0 Å². The van der Waals surface area contributed by atoms with Gasteiger partial charge in [0.25, 0.3) is 0 Å². The summed E-state index contributed by atoms with van der Waals surface area (Å²) >= 11 is 0. The third-order valence-corrected chi connectivity index (χ3v) is 4.72. The Morgan fingerprint density at radius 1 is 1.47 bits per heavy atom. The van der Waals surface area contributed by atoms with E-state index in [1.54, 1.807) is 0 Å². The Morgan fingerprint density at radius 3 is 3.00 bits per heavy atom. The number of hydrogen-bond donors (Lipinski definition) is 2. The molecule has 2 aliphatic rings. The molecule has 1 heterocycles. The van der Waals surface area contributed by atoms with Crippen LogP contribution in [0.5, 0.6) is 0 Å². The maximum absolute atomic E-state index is 4.42. The second-order valence-corrected chi connectivity index (χ2v) is 5.76. The molecule has 4 unspecified atom stereocenters. The highest BCUT2D eigenvalue weighted by Crippen LogP contribution is 2.50. The van der Waals surface area contributed by atoms with E-state index in [1.165, 1.54) is 32.1 Å². The van der Waals surface area contributed by atoms with Crippen LogP contribution in [0.2, 0.25) is 0 Å². The SMILES string of the molecule is CCNC(CC1CC2CCC1C2)c1ncc[nH]1. The van der Waals surface area contributed by atoms with E-state index in [9.17, 15) is 0 Å². The predicted octanol–water partition coefficient (Wildman–Crippen LogP) is 2.89. The van der Waals surface area contributed by atoms with E-state index in [1.807, 2.05) is 12.4 Å². The van der Waals surface area contributed by atoms with Gasteiger partial charge in [-0.1, -0.05) is 13.3 Å². The molecule has 3 nitrogen and oxygen atoms in total. The van der Waals surface area contributed by atoms with Gasteiger partial charge in [0.15, 0.2) is 0 Å². The van der Waals surface area contributed by atoms with E-state index in [0.717, 1.165) is 30.1 Å². The van der Waals surface area contributed by atoms with Crippen LogP contribution in [0, 0.1) is 17.8 Å². The number of aromatic amines is 1. The van der Waals surface area contributed by atoms with Gasteiger partial charge in [0.05, 0.1) is 6.04 Å². The fraction of sp³-hybridized carbons (Fsp3) is 0.786. The van der Waals surface area contributed by atoms with Crippen molar-refractivity contribution < 1.29 is 0 Å². The molecule has 1 aromatic rings. The molecular formula is C14H23N3. The van der Waals surface area contributed by atoms with E-state index < -0.39 is 0 Å². The molecule has 2 fully saturated rings. The Kier molecular flexibility index (Phi) is 3.19. The Labute approximate surface area is 103 Å². The summed E-state index contributed by atoms with van der Waals surface area (Å²) in [6, 6.07) is 0.430. The summed E-state index contributed by atoms with van der Waals surface area (Å²) < 4.78 is 0. The first-order valence-electron chi connectivity index (χ1n) is 7.09. The summed E-state index contributed by atoms with van der Waals surface area (Å²) in [7, 11) is 0. The second kappa shape index (κ2) is 4.81. The van der Waals surface area contributed by atoms with Gasteiger partial charge in [0, 0.05) is 12.4 Å². The van der Waals surface area contributed by atoms with Gasteiger partial charge < -0.3 is 10.3 Å². The van der Waals surface area contributed by atoms with E-state index in [4.69, 9.17) is 0 Å². The average Bonchev–Trinajstić information content (AvgIpc) is 3.06. The van der Waals surface area contributed by atoms with Crippen LogP contribution in [0.4, 0.5) is 0 Å². The molecule has 0 amide bonds. The van der Waals surface area contributed by atoms with Crippen LogP contribution >= 0.6 is 0 Å². The monoisotopic (exact) mass is 233 g/mol. The minimum Gasteiger partial charge on any atom is -0.347 e. The quantitative estimate of drug-likeness (QED) is 0.821. The van der Waals surface area contributed by atoms with Gasteiger partial charge in [-0.05, 0) is 50.0 Å². The van der Waals surface area contributed by atoms with E-state index in [2.05, 4.69) is 22.2 Å². The van der Waals surface area contributed by atoms with Crippen molar-refractivity contribution in [3.05, 3.63) is 18.2 Å². The highest BCUT2D eigenvalue weighted by Gasteiger charge is 2.40. The molecule has 0 aliphatic heterocycles. The number of hydrogen-bond acceptors (Lipinski definition) is 2. The highest BCUT2D eigenvalue weighted by atomic mass is 15.0. The molecule has 2 aliphatic carbocycles. The molecule has 2 bridgehead atoms. The van der Waals surface area contributed by atoms with E-state index in [-0.39, 0.29) is 0 Å². The Balaban J connectivity index is 1.65. The lowest BCUT2D eigenvalue weighted by Crippen LogP contribution is -2.26. The molecule has 0 saturated heterocycles. The normalized spacial score (nSPS) is 33.1. The predicted molar refractivity (Wildman–Crippen MR) is 68.6 cm³/mol. The fourth-order valence-electron chi connectivity index (χ4n) is 3.97. The largest absolute Gasteiger partial charge is 0.347 e. The van der Waals surface area contributed by atoms with Gasteiger partial charge in [-0.2, -0.15) is 0 Å². The smallest absolute Gasteiger partial charge is 0.123 e. The summed E-state index contributed by atoms with van der Waals surface area (Å²) in [5, 5.41) is 3.58. The lowest BCUT2D eigenvalue weighted by atomic mass is 9.84. The number of nitrogens with one attached hydrogen (secondary N) is 2. The number of rotatable bonds is 5. The van der Waals surface area contributed by atoms with Gasteiger partial charge >= 0.3 is 0 Å². The van der Waals surface area contributed by atoms with Crippen LogP contribution < -0.4 is 5.32 Å². The molecule has 0 aromatic carbocycles. The van der Waals surface area contributed by atoms with Crippen LogP contribution in [-0.4, -0.2) is 16.5 Å². The van der Waals surface area contributed by atoms with Gasteiger partial charge in [-0.3, -0.25) is 0 Å². The molecule has 2 N–H and O–H groups in total. The standard InChI is InChI=1S/C14H23N3/c1-2-15-13(14-16-5-6-17-14)9-12-8-10-3-4-11(12)7-10/h5-6,10-13,15H,2-4,7-9H2,1H3,(H,16,17). The zero-order valence-corrected chi connectivity index (χ0v) is 10.7. The first kappa shape index (κ1) is 11.3. The maximum Gasteiger partial charge on any atom is 0.123 e. The molecule has 0 spiro atoms. The number of nitrogens with zero attached hydrogens (tertiary/aromatic N) is 1. The minimum absolute atomic E-state index is 0.430. The summed E-state index contributed by atoms with van der Waals surface area (Å²) in [5.74, 6) is 4.11. The van der Waals surface area contributed by atoms with Crippen molar-refractivity contribution in [1.82, 2.24) is 15.3 Å². The number of imidazole rings is 1. The lowest BCUT2D eigenvalue weighted by Gasteiger charge is -2.26. The average molecular weight is 233 g/mol. The maximum atomic E-state index is 4.42.